The molecule has 1 rings (SSSR count). The molecule has 0 atom stereocenters. The Kier molecular flexibility index (Phi) is 3.84. The Bertz CT molecular complexity index is 301. The molecule has 0 aliphatic rings. The van der Waals surface area contributed by atoms with Crippen molar-refractivity contribution in [3.05, 3.63) is 41.2 Å². The van der Waals surface area contributed by atoms with Crippen molar-refractivity contribution in [2.75, 3.05) is 13.2 Å². The summed E-state index contributed by atoms with van der Waals surface area (Å²) >= 11 is 0. The first-order chi connectivity index (χ1) is 6.38. The molecule has 0 amide bonds. The van der Waals surface area contributed by atoms with Crippen LogP contribution in [0.5, 0.6) is 5.75 Å². The molecule has 0 saturated carbocycles. The number of hydrogen-bond donors (Lipinski definition) is 0. The van der Waals surface area contributed by atoms with E-state index in [1.54, 1.807) is 0 Å². The molecule has 0 unspecified atom stereocenters. The van der Waals surface area contributed by atoms with Gasteiger partial charge in [-0.3, -0.25) is 0 Å². The van der Waals surface area contributed by atoms with Crippen LogP contribution >= 0.6 is 0 Å². The summed E-state index contributed by atoms with van der Waals surface area (Å²) in [6.45, 7) is 9.88. The van der Waals surface area contributed by atoms with Crippen LogP contribution in [0.25, 0.3) is 4.85 Å². The van der Waals surface area contributed by atoms with Gasteiger partial charge in [-0.25, -0.2) is 6.57 Å². The zero-order valence-corrected chi connectivity index (χ0v) is 7.79. The Morgan fingerprint density at radius 1 is 1.38 bits per heavy atom. The van der Waals surface area contributed by atoms with Crippen LogP contribution in [0.4, 0.5) is 0 Å². The Labute approximate surface area is 79.0 Å². The largest absolute Gasteiger partial charge is 0.494 e. The standard InChI is InChI=1S/C11H13NO/c1-3-13-11-7-5-4-6-10(11)8-9-12-2/h4-7H,3,8-9H2,1H3. The van der Waals surface area contributed by atoms with Gasteiger partial charge in [0, 0.05) is 12.0 Å². The molecule has 0 N–H and O–H groups in total. The van der Waals surface area contributed by atoms with E-state index >= 15 is 0 Å². The third kappa shape index (κ3) is 2.79. The van der Waals surface area contributed by atoms with Crippen molar-refractivity contribution in [2.45, 2.75) is 13.3 Å². The number of rotatable bonds is 4. The van der Waals surface area contributed by atoms with E-state index in [0.717, 1.165) is 17.7 Å². The summed E-state index contributed by atoms with van der Waals surface area (Å²) in [7, 11) is 0. The lowest BCUT2D eigenvalue weighted by Crippen LogP contribution is -1.97. The van der Waals surface area contributed by atoms with E-state index < -0.39 is 0 Å². The van der Waals surface area contributed by atoms with Gasteiger partial charge in [0.05, 0.1) is 6.61 Å². The van der Waals surface area contributed by atoms with Crippen LogP contribution in [-0.2, 0) is 6.42 Å². The quantitative estimate of drug-likeness (QED) is 0.641. The van der Waals surface area contributed by atoms with Crippen LogP contribution in [0.1, 0.15) is 12.5 Å². The van der Waals surface area contributed by atoms with Gasteiger partial charge in [-0.15, -0.1) is 0 Å². The van der Waals surface area contributed by atoms with Crippen molar-refractivity contribution < 1.29 is 4.74 Å². The van der Waals surface area contributed by atoms with Crippen LogP contribution < -0.4 is 4.74 Å². The minimum Gasteiger partial charge on any atom is -0.494 e. The first-order valence-corrected chi connectivity index (χ1v) is 4.42. The summed E-state index contributed by atoms with van der Waals surface area (Å²) in [5, 5.41) is 0. The summed E-state index contributed by atoms with van der Waals surface area (Å²) in [4.78, 5) is 3.33. The highest BCUT2D eigenvalue weighted by Gasteiger charge is 2.02. The minimum absolute atomic E-state index is 0.532. The van der Waals surface area contributed by atoms with Crippen molar-refractivity contribution >= 4 is 0 Å². The molecule has 1 aromatic rings. The fourth-order valence-corrected chi connectivity index (χ4v) is 1.18. The maximum atomic E-state index is 6.71. The summed E-state index contributed by atoms with van der Waals surface area (Å²) in [5.74, 6) is 0.911. The Balaban J connectivity index is 2.73. The highest BCUT2D eigenvalue weighted by Crippen LogP contribution is 2.18. The van der Waals surface area contributed by atoms with E-state index in [1.165, 1.54) is 0 Å². The first kappa shape index (κ1) is 9.60. The van der Waals surface area contributed by atoms with E-state index in [-0.39, 0.29) is 0 Å². The topological polar surface area (TPSA) is 13.6 Å². The van der Waals surface area contributed by atoms with Gasteiger partial charge in [-0.05, 0) is 13.0 Å². The predicted octanol–water partition coefficient (Wildman–Crippen LogP) is 2.55. The lowest BCUT2D eigenvalue weighted by molar-refractivity contribution is 0.337. The van der Waals surface area contributed by atoms with Crippen molar-refractivity contribution in [2.24, 2.45) is 0 Å². The van der Waals surface area contributed by atoms with Gasteiger partial charge in [0.15, 0.2) is 0 Å². The van der Waals surface area contributed by atoms with Gasteiger partial charge in [0.2, 0.25) is 6.54 Å². The van der Waals surface area contributed by atoms with Crippen LogP contribution in [0, 0.1) is 6.57 Å². The second kappa shape index (κ2) is 5.21. The molecule has 0 heterocycles. The van der Waals surface area contributed by atoms with Gasteiger partial charge in [-0.1, -0.05) is 18.2 Å². The van der Waals surface area contributed by atoms with Gasteiger partial charge >= 0.3 is 0 Å². The molecule has 0 fully saturated rings. The van der Waals surface area contributed by atoms with Crippen molar-refractivity contribution in [1.29, 1.82) is 0 Å². The SMILES string of the molecule is [C-]#[N+]CCc1ccccc1OCC. The number of para-hydroxylation sites is 1. The lowest BCUT2D eigenvalue weighted by Gasteiger charge is -2.06. The third-order valence-corrected chi connectivity index (χ3v) is 1.77. The van der Waals surface area contributed by atoms with E-state index in [4.69, 9.17) is 11.3 Å². The van der Waals surface area contributed by atoms with Crippen molar-refractivity contribution in [3.63, 3.8) is 0 Å². The van der Waals surface area contributed by atoms with Gasteiger partial charge in [-0.2, -0.15) is 0 Å². The fourth-order valence-electron chi connectivity index (χ4n) is 1.18. The van der Waals surface area contributed by atoms with E-state index in [1.807, 2.05) is 31.2 Å². The second-order valence-corrected chi connectivity index (χ2v) is 2.67. The zero-order chi connectivity index (χ0) is 9.52. The molecule has 13 heavy (non-hydrogen) atoms. The van der Waals surface area contributed by atoms with Crippen molar-refractivity contribution in [1.82, 2.24) is 0 Å². The summed E-state index contributed by atoms with van der Waals surface area (Å²) < 4.78 is 5.43. The van der Waals surface area contributed by atoms with E-state index in [0.29, 0.717) is 13.2 Å². The highest BCUT2D eigenvalue weighted by atomic mass is 16.5. The number of ether oxygens (including phenoxy) is 1. The molecule has 0 aliphatic heterocycles. The molecule has 0 radical (unpaired) electrons. The minimum atomic E-state index is 0.532. The molecule has 2 nitrogen and oxygen atoms in total. The maximum absolute atomic E-state index is 6.71. The molecule has 0 aliphatic carbocycles. The summed E-state index contributed by atoms with van der Waals surface area (Å²) in [6, 6.07) is 7.88. The molecule has 68 valence electrons. The zero-order valence-electron chi connectivity index (χ0n) is 7.79. The molecule has 0 spiro atoms. The summed E-state index contributed by atoms with van der Waals surface area (Å²) in [5.41, 5.74) is 1.13. The van der Waals surface area contributed by atoms with Crippen LogP contribution in [0.3, 0.4) is 0 Å². The summed E-state index contributed by atoms with van der Waals surface area (Å²) in [6.07, 6.45) is 0.777. The monoisotopic (exact) mass is 175 g/mol. The molecule has 0 bridgehead atoms. The second-order valence-electron chi connectivity index (χ2n) is 2.67. The molecule has 0 aromatic heterocycles. The number of hydrogen-bond acceptors (Lipinski definition) is 1. The smallest absolute Gasteiger partial charge is 0.218 e. The average molecular weight is 175 g/mol. The molecule has 1 aromatic carbocycles. The molecule has 0 saturated heterocycles. The van der Waals surface area contributed by atoms with Gasteiger partial charge in [0.1, 0.15) is 5.75 Å². The molecular formula is C11H13NO. The van der Waals surface area contributed by atoms with E-state index in [9.17, 15) is 0 Å². The first-order valence-electron chi connectivity index (χ1n) is 4.42. The van der Waals surface area contributed by atoms with Crippen LogP contribution in [0.2, 0.25) is 0 Å². The van der Waals surface area contributed by atoms with Crippen LogP contribution in [0.15, 0.2) is 24.3 Å². The maximum Gasteiger partial charge on any atom is 0.218 e. The van der Waals surface area contributed by atoms with Gasteiger partial charge in [0.25, 0.3) is 0 Å². The lowest BCUT2D eigenvalue weighted by atomic mass is 10.1. The van der Waals surface area contributed by atoms with Crippen LogP contribution in [-0.4, -0.2) is 13.2 Å². The fraction of sp³-hybridized carbons (Fsp3) is 0.364. The Hall–Kier alpha value is -1.49. The highest BCUT2D eigenvalue weighted by molar-refractivity contribution is 5.33. The Morgan fingerprint density at radius 3 is 2.85 bits per heavy atom. The molecule has 2 heteroatoms. The third-order valence-electron chi connectivity index (χ3n) is 1.77. The average Bonchev–Trinajstić information content (AvgIpc) is 2.17. The number of nitrogens with zero attached hydrogens (tertiary/aromatic N) is 1. The normalized spacial score (nSPS) is 9.23. The van der Waals surface area contributed by atoms with E-state index in [2.05, 4.69) is 4.85 Å². The number of benzene rings is 1. The predicted molar refractivity (Wildman–Crippen MR) is 52.8 cm³/mol. The van der Waals surface area contributed by atoms with Crippen molar-refractivity contribution in [3.8, 4) is 5.75 Å². The molecular weight excluding hydrogens is 162 g/mol. The van der Waals surface area contributed by atoms with Gasteiger partial charge < -0.3 is 9.58 Å². The Morgan fingerprint density at radius 2 is 2.15 bits per heavy atom.